The summed E-state index contributed by atoms with van der Waals surface area (Å²) in [5.41, 5.74) is 11.4. The molecule has 0 spiro atoms. The highest BCUT2D eigenvalue weighted by Gasteiger charge is 2.18. The van der Waals surface area contributed by atoms with Gasteiger partial charge in [0.05, 0.1) is 23.1 Å². The van der Waals surface area contributed by atoms with Gasteiger partial charge in [0.25, 0.3) is 11.7 Å². The number of rotatable bonds is 9. The van der Waals surface area contributed by atoms with Crippen LogP contribution in [0.15, 0.2) is 60.8 Å². The van der Waals surface area contributed by atoms with Crippen molar-refractivity contribution in [1.82, 2.24) is 9.97 Å². The highest BCUT2D eigenvalue weighted by atomic mass is 35.5. The number of carbonyl (C=O) groups is 3. The number of hydrogen-bond donors (Lipinski definition) is 6. The minimum atomic E-state index is -1.11. The van der Waals surface area contributed by atoms with Crippen molar-refractivity contribution < 1.29 is 19.5 Å². The first-order chi connectivity index (χ1) is 16.3. The molecule has 2 aromatic carbocycles. The molecule has 1 heterocycles. The maximum atomic E-state index is 12.1. The van der Waals surface area contributed by atoms with Crippen LogP contribution in [0.5, 0.6) is 5.75 Å². The van der Waals surface area contributed by atoms with E-state index in [1.165, 1.54) is 42.6 Å². The molecule has 3 aromatic rings. The van der Waals surface area contributed by atoms with Gasteiger partial charge in [-0.1, -0.05) is 29.8 Å². The molecule has 3 rings (SSSR count). The molecule has 0 aliphatic rings. The van der Waals surface area contributed by atoms with Gasteiger partial charge in [-0.25, -0.2) is 4.98 Å². The van der Waals surface area contributed by atoms with Gasteiger partial charge >= 0.3 is 0 Å². The standard InChI is InChI=1S/C22H20ClN7O4/c23-14-11-26-22(29-16-10-12(7-8-17(16)31)27-18(32)6-3-9-24)30-21(14)28-15-5-2-1-4-13(15)19(33)20(25)34/h1-8,10-11,31H,9,24H2,(H2,25,34)(H,27,32)(H2,26,28,29,30)/b6-3+. The van der Waals surface area contributed by atoms with Gasteiger partial charge in [-0.15, -0.1) is 0 Å². The van der Waals surface area contributed by atoms with E-state index in [1.54, 1.807) is 18.2 Å². The molecule has 0 saturated heterocycles. The predicted molar refractivity (Wildman–Crippen MR) is 129 cm³/mol. The van der Waals surface area contributed by atoms with Crippen molar-refractivity contribution in [2.75, 3.05) is 22.5 Å². The Morgan fingerprint density at radius 1 is 1.09 bits per heavy atom. The third kappa shape index (κ3) is 6.06. The Balaban J connectivity index is 1.85. The zero-order valence-corrected chi connectivity index (χ0v) is 18.3. The lowest BCUT2D eigenvalue weighted by atomic mass is 10.1. The average molecular weight is 482 g/mol. The van der Waals surface area contributed by atoms with Crippen molar-refractivity contribution >= 4 is 58.0 Å². The zero-order valence-electron chi connectivity index (χ0n) is 17.6. The van der Waals surface area contributed by atoms with Crippen LogP contribution in [-0.2, 0) is 9.59 Å². The van der Waals surface area contributed by atoms with E-state index in [2.05, 4.69) is 25.9 Å². The van der Waals surface area contributed by atoms with Gasteiger partial charge in [0, 0.05) is 18.3 Å². The van der Waals surface area contributed by atoms with E-state index in [4.69, 9.17) is 23.1 Å². The van der Waals surface area contributed by atoms with Crippen molar-refractivity contribution in [3.05, 3.63) is 71.4 Å². The number of primary amides is 1. The van der Waals surface area contributed by atoms with E-state index in [9.17, 15) is 19.5 Å². The number of carbonyl (C=O) groups excluding carboxylic acids is 3. The average Bonchev–Trinajstić information content (AvgIpc) is 2.81. The number of Topliss-reactive ketones (excluding diaryl/α,β-unsaturated/α-hetero) is 1. The third-order valence-electron chi connectivity index (χ3n) is 4.31. The molecule has 34 heavy (non-hydrogen) atoms. The van der Waals surface area contributed by atoms with Crippen molar-refractivity contribution in [3.63, 3.8) is 0 Å². The smallest absolute Gasteiger partial charge is 0.289 e. The number of phenols is 1. The minimum absolute atomic E-state index is 0.0453. The van der Waals surface area contributed by atoms with Gasteiger partial charge in [-0.3, -0.25) is 14.4 Å². The fraction of sp³-hybridized carbons (Fsp3) is 0.0455. The van der Waals surface area contributed by atoms with Crippen LogP contribution in [0.4, 0.5) is 28.8 Å². The highest BCUT2D eigenvalue weighted by Crippen LogP contribution is 2.31. The summed E-state index contributed by atoms with van der Waals surface area (Å²) in [7, 11) is 0. The lowest BCUT2D eigenvalue weighted by Gasteiger charge is -2.13. The van der Waals surface area contributed by atoms with E-state index < -0.39 is 11.7 Å². The number of amides is 2. The Kier molecular flexibility index (Phi) is 7.75. The Morgan fingerprint density at radius 3 is 2.59 bits per heavy atom. The van der Waals surface area contributed by atoms with Crippen LogP contribution in [-0.4, -0.2) is 39.2 Å². The van der Waals surface area contributed by atoms with Crippen molar-refractivity contribution in [2.45, 2.75) is 0 Å². The zero-order chi connectivity index (χ0) is 24.7. The number of benzene rings is 2. The molecule has 0 unspecified atom stereocenters. The summed E-state index contributed by atoms with van der Waals surface area (Å²) >= 11 is 6.19. The quantitative estimate of drug-likeness (QED) is 0.0877. The molecular weight excluding hydrogens is 462 g/mol. The number of ketones is 1. The summed E-state index contributed by atoms with van der Waals surface area (Å²) < 4.78 is 0. The van der Waals surface area contributed by atoms with Crippen LogP contribution in [0.3, 0.4) is 0 Å². The topological polar surface area (TPSA) is 185 Å². The van der Waals surface area contributed by atoms with Gasteiger partial charge in [0.2, 0.25) is 11.9 Å². The molecule has 0 bridgehead atoms. The van der Waals surface area contributed by atoms with Crippen molar-refractivity contribution in [3.8, 4) is 5.75 Å². The monoisotopic (exact) mass is 481 g/mol. The third-order valence-corrected chi connectivity index (χ3v) is 4.59. The van der Waals surface area contributed by atoms with Gasteiger partial charge in [-0.05, 0) is 30.3 Å². The second-order valence-electron chi connectivity index (χ2n) is 6.74. The van der Waals surface area contributed by atoms with Crippen molar-refractivity contribution in [2.24, 2.45) is 11.5 Å². The lowest BCUT2D eigenvalue weighted by Crippen LogP contribution is -2.23. The fourth-order valence-corrected chi connectivity index (χ4v) is 2.90. The minimum Gasteiger partial charge on any atom is -0.506 e. The van der Waals surface area contributed by atoms with E-state index in [0.29, 0.717) is 5.69 Å². The first kappa shape index (κ1) is 24.2. The Labute approximate surface area is 198 Å². The van der Waals surface area contributed by atoms with Crippen LogP contribution in [0.25, 0.3) is 0 Å². The maximum absolute atomic E-state index is 12.1. The number of hydrogen-bond acceptors (Lipinski definition) is 9. The van der Waals surface area contributed by atoms with Crippen LogP contribution in [0.1, 0.15) is 10.4 Å². The number of para-hydroxylation sites is 1. The molecule has 12 heteroatoms. The predicted octanol–water partition coefficient (Wildman–Crippen LogP) is 2.44. The fourth-order valence-electron chi connectivity index (χ4n) is 2.76. The molecule has 0 fully saturated rings. The van der Waals surface area contributed by atoms with Crippen molar-refractivity contribution in [1.29, 1.82) is 0 Å². The molecule has 0 aliphatic carbocycles. The largest absolute Gasteiger partial charge is 0.506 e. The number of nitrogens with one attached hydrogen (secondary N) is 3. The summed E-state index contributed by atoms with van der Waals surface area (Å²) in [5.74, 6) is -2.32. The summed E-state index contributed by atoms with van der Waals surface area (Å²) in [5, 5.41) is 18.7. The second-order valence-corrected chi connectivity index (χ2v) is 7.15. The van der Waals surface area contributed by atoms with E-state index in [1.807, 2.05) is 0 Å². The first-order valence-electron chi connectivity index (χ1n) is 9.79. The number of nitrogens with two attached hydrogens (primary N) is 2. The number of nitrogens with zero attached hydrogens (tertiary/aromatic N) is 2. The molecule has 0 atom stereocenters. The van der Waals surface area contributed by atoms with E-state index in [-0.39, 0.29) is 51.9 Å². The molecule has 8 N–H and O–H groups in total. The summed E-state index contributed by atoms with van der Waals surface area (Å²) in [6.07, 6.45) is 4.10. The Hall–Kier alpha value is -4.48. The Morgan fingerprint density at radius 2 is 1.85 bits per heavy atom. The van der Waals surface area contributed by atoms with Gasteiger partial charge in [-0.2, -0.15) is 4.98 Å². The maximum Gasteiger partial charge on any atom is 0.289 e. The molecule has 174 valence electrons. The highest BCUT2D eigenvalue weighted by molar-refractivity contribution is 6.43. The van der Waals surface area contributed by atoms with Crippen LogP contribution >= 0.6 is 11.6 Å². The van der Waals surface area contributed by atoms with Crippen LogP contribution < -0.4 is 27.4 Å². The molecule has 2 amide bonds. The summed E-state index contributed by atoms with van der Waals surface area (Å²) in [4.78, 5) is 43.6. The molecule has 0 aliphatic heterocycles. The number of halogens is 1. The van der Waals surface area contributed by atoms with Gasteiger partial charge < -0.3 is 32.5 Å². The number of anilines is 5. The van der Waals surface area contributed by atoms with Gasteiger partial charge in [0.1, 0.15) is 10.8 Å². The Bertz CT molecular complexity index is 1280. The second kappa shape index (κ2) is 10.9. The van der Waals surface area contributed by atoms with Crippen LogP contribution in [0.2, 0.25) is 5.02 Å². The van der Waals surface area contributed by atoms with E-state index in [0.717, 1.165) is 0 Å². The molecule has 11 nitrogen and oxygen atoms in total. The number of phenolic OH excluding ortho intramolecular Hbond substituents is 1. The first-order valence-corrected chi connectivity index (χ1v) is 10.2. The number of aromatic hydroxyl groups is 1. The van der Waals surface area contributed by atoms with Crippen LogP contribution in [0, 0.1) is 0 Å². The summed E-state index contributed by atoms with van der Waals surface area (Å²) in [6, 6.07) is 10.6. The molecule has 0 radical (unpaired) electrons. The summed E-state index contributed by atoms with van der Waals surface area (Å²) in [6.45, 7) is 0.223. The SMILES string of the molecule is NC/C=C/C(=O)Nc1ccc(O)c(Nc2ncc(Cl)c(Nc3ccccc3C(=O)C(N)=O)n2)c1. The lowest BCUT2D eigenvalue weighted by molar-refractivity contribution is -0.114. The van der Waals surface area contributed by atoms with E-state index >= 15 is 0 Å². The number of aromatic nitrogens is 2. The molecule has 1 aromatic heterocycles. The van der Waals surface area contributed by atoms with Gasteiger partial charge in [0.15, 0.2) is 5.82 Å². The molecular formula is C22H20ClN7O4. The molecule has 0 saturated carbocycles. The normalized spacial score (nSPS) is 10.6.